The molecular formula is C12H22N2O3. The molecule has 0 bridgehead atoms. The number of β-amino-alcohol motifs (C(OH)–C–C–N with tert-alkyl or cyclic N) is 2. The van der Waals surface area contributed by atoms with Crippen molar-refractivity contribution < 1.29 is 15.0 Å². The molecule has 5 heteroatoms. The molecule has 2 saturated heterocycles. The molecule has 0 radical (unpaired) electrons. The maximum atomic E-state index is 12.2. The molecule has 0 aromatic carbocycles. The Balaban J connectivity index is 2.00. The van der Waals surface area contributed by atoms with Crippen molar-refractivity contribution in [2.45, 2.75) is 32.0 Å². The predicted octanol–water partition coefficient (Wildman–Crippen LogP) is -0.814. The number of nitrogens with one attached hydrogen (secondary N) is 1. The molecule has 2 rings (SSSR count). The largest absolute Gasteiger partial charge is 0.392 e. The normalized spacial score (nSPS) is 33.1. The Labute approximate surface area is 102 Å². The third kappa shape index (κ3) is 2.78. The third-order valence-corrected chi connectivity index (χ3v) is 3.80. The van der Waals surface area contributed by atoms with Crippen molar-refractivity contribution in [1.29, 1.82) is 0 Å². The van der Waals surface area contributed by atoms with E-state index >= 15 is 0 Å². The van der Waals surface area contributed by atoms with Gasteiger partial charge < -0.3 is 20.4 Å². The van der Waals surface area contributed by atoms with Crippen LogP contribution >= 0.6 is 0 Å². The van der Waals surface area contributed by atoms with Gasteiger partial charge in [-0.2, -0.15) is 0 Å². The average Bonchev–Trinajstić information content (AvgIpc) is 2.54. The van der Waals surface area contributed by atoms with E-state index in [1.807, 2.05) is 0 Å². The standard InChI is InChI=1S/C12H22N2O3/c1-8(15)6-14-7-10(16)11(12(14)17)9-2-4-13-5-3-9/h8-11,13,15-16H,2-7H2,1H3. The van der Waals surface area contributed by atoms with E-state index in [0.29, 0.717) is 13.1 Å². The van der Waals surface area contributed by atoms with Crippen molar-refractivity contribution in [2.75, 3.05) is 26.2 Å². The molecule has 0 aromatic heterocycles. The Hall–Kier alpha value is -0.650. The highest BCUT2D eigenvalue weighted by atomic mass is 16.3. The van der Waals surface area contributed by atoms with Crippen LogP contribution in [0.25, 0.3) is 0 Å². The molecule has 98 valence electrons. The second kappa shape index (κ2) is 5.33. The number of likely N-dealkylation sites (tertiary alicyclic amines) is 1. The first kappa shape index (κ1) is 12.8. The van der Waals surface area contributed by atoms with Gasteiger partial charge in [-0.15, -0.1) is 0 Å². The first-order valence-electron chi connectivity index (χ1n) is 6.45. The summed E-state index contributed by atoms with van der Waals surface area (Å²) in [5, 5.41) is 22.6. The molecular weight excluding hydrogens is 220 g/mol. The van der Waals surface area contributed by atoms with Crippen molar-refractivity contribution in [3.8, 4) is 0 Å². The minimum atomic E-state index is -0.565. The minimum absolute atomic E-state index is 0.0188. The van der Waals surface area contributed by atoms with Crippen LogP contribution < -0.4 is 5.32 Å². The van der Waals surface area contributed by atoms with E-state index in [2.05, 4.69) is 5.32 Å². The lowest BCUT2D eigenvalue weighted by atomic mass is 9.82. The summed E-state index contributed by atoms with van der Waals surface area (Å²) >= 11 is 0. The van der Waals surface area contributed by atoms with Gasteiger partial charge in [0.1, 0.15) is 0 Å². The van der Waals surface area contributed by atoms with Gasteiger partial charge in [0.25, 0.3) is 0 Å². The summed E-state index contributed by atoms with van der Waals surface area (Å²) in [7, 11) is 0. The number of aliphatic hydroxyl groups excluding tert-OH is 2. The van der Waals surface area contributed by atoms with Crippen LogP contribution in [0.3, 0.4) is 0 Å². The van der Waals surface area contributed by atoms with Crippen LogP contribution in [0.5, 0.6) is 0 Å². The Morgan fingerprint density at radius 2 is 2.12 bits per heavy atom. The molecule has 3 unspecified atom stereocenters. The Bertz CT molecular complexity index is 277. The zero-order valence-electron chi connectivity index (χ0n) is 10.3. The number of amides is 1. The number of carbonyl (C=O) groups excluding carboxylic acids is 1. The van der Waals surface area contributed by atoms with Gasteiger partial charge in [-0.1, -0.05) is 0 Å². The second-order valence-electron chi connectivity index (χ2n) is 5.27. The van der Waals surface area contributed by atoms with E-state index in [9.17, 15) is 15.0 Å². The fraction of sp³-hybridized carbons (Fsp3) is 0.917. The maximum Gasteiger partial charge on any atom is 0.228 e. The van der Waals surface area contributed by atoms with Crippen molar-refractivity contribution in [1.82, 2.24) is 10.2 Å². The number of piperidine rings is 1. The monoisotopic (exact) mass is 242 g/mol. The zero-order valence-corrected chi connectivity index (χ0v) is 10.3. The number of hydrogen-bond donors (Lipinski definition) is 3. The van der Waals surface area contributed by atoms with Crippen LogP contribution in [0.4, 0.5) is 0 Å². The van der Waals surface area contributed by atoms with E-state index in [0.717, 1.165) is 25.9 Å². The highest BCUT2D eigenvalue weighted by Crippen LogP contribution is 2.31. The molecule has 2 aliphatic rings. The highest BCUT2D eigenvalue weighted by Gasteiger charge is 2.44. The van der Waals surface area contributed by atoms with Gasteiger partial charge >= 0.3 is 0 Å². The minimum Gasteiger partial charge on any atom is -0.392 e. The summed E-state index contributed by atoms with van der Waals surface area (Å²) in [6, 6.07) is 0. The van der Waals surface area contributed by atoms with Crippen molar-refractivity contribution in [2.24, 2.45) is 11.8 Å². The molecule has 3 N–H and O–H groups in total. The first-order valence-corrected chi connectivity index (χ1v) is 6.45. The Morgan fingerprint density at radius 3 is 2.71 bits per heavy atom. The van der Waals surface area contributed by atoms with Gasteiger partial charge in [0.15, 0.2) is 0 Å². The van der Waals surface area contributed by atoms with Gasteiger partial charge in [0, 0.05) is 13.1 Å². The van der Waals surface area contributed by atoms with Crippen LogP contribution in [0.1, 0.15) is 19.8 Å². The molecule has 0 spiro atoms. The fourth-order valence-electron chi connectivity index (χ4n) is 3.01. The molecule has 2 aliphatic heterocycles. The fourth-order valence-corrected chi connectivity index (χ4v) is 3.01. The molecule has 2 fully saturated rings. The van der Waals surface area contributed by atoms with E-state index in [4.69, 9.17) is 0 Å². The lowest BCUT2D eigenvalue weighted by molar-refractivity contribution is -0.134. The lowest BCUT2D eigenvalue weighted by Gasteiger charge is -2.28. The summed E-state index contributed by atoms with van der Waals surface area (Å²) < 4.78 is 0. The van der Waals surface area contributed by atoms with Crippen LogP contribution in [0.15, 0.2) is 0 Å². The first-order chi connectivity index (χ1) is 8.09. The summed E-state index contributed by atoms with van der Waals surface area (Å²) in [5.41, 5.74) is 0. The number of nitrogens with zero attached hydrogens (tertiary/aromatic N) is 1. The smallest absolute Gasteiger partial charge is 0.228 e. The number of hydrogen-bond acceptors (Lipinski definition) is 4. The summed E-state index contributed by atoms with van der Waals surface area (Å²) in [6.45, 7) is 4.22. The Morgan fingerprint density at radius 1 is 1.47 bits per heavy atom. The predicted molar refractivity (Wildman–Crippen MR) is 63.4 cm³/mol. The van der Waals surface area contributed by atoms with Gasteiger partial charge in [-0.3, -0.25) is 4.79 Å². The van der Waals surface area contributed by atoms with Gasteiger partial charge in [-0.25, -0.2) is 0 Å². The molecule has 3 atom stereocenters. The van der Waals surface area contributed by atoms with E-state index in [1.54, 1.807) is 11.8 Å². The van der Waals surface area contributed by atoms with Crippen LogP contribution in [-0.2, 0) is 4.79 Å². The number of aliphatic hydroxyl groups is 2. The van der Waals surface area contributed by atoms with E-state index < -0.39 is 12.2 Å². The van der Waals surface area contributed by atoms with E-state index in [1.165, 1.54) is 0 Å². The highest BCUT2D eigenvalue weighted by molar-refractivity contribution is 5.82. The van der Waals surface area contributed by atoms with Crippen molar-refractivity contribution in [3.63, 3.8) is 0 Å². The summed E-state index contributed by atoms with van der Waals surface area (Å²) in [5.74, 6) is 0.0545. The summed E-state index contributed by atoms with van der Waals surface area (Å²) in [4.78, 5) is 13.8. The number of carbonyl (C=O) groups is 1. The molecule has 5 nitrogen and oxygen atoms in total. The molecule has 2 heterocycles. The van der Waals surface area contributed by atoms with Crippen LogP contribution in [0, 0.1) is 11.8 Å². The van der Waals surface area contributed by atoms with E-state index in [-0.39, 0.29) is 17.7 Å². The Kier molecular flexibility index (Phi) is 4.01. The summed E-state index contributed by atoms with van der Waals surface area (Å²) in [6.07, 6.45) is 0.814. The van der Waals surface area contributed by atoms with Gasteiger partial charge in [0.05, 0.1) is 18.1 Å². The van der Waals surface area contributed by atoms with Crippen molar-refractivity contribution >= 4 is 5.91 Å². The molecule has 1 amide bonds. The van der Waals surface area contributed by atoms with Gasteiger partial charge in [0.2, 0.25) is 5.91 Å². The van der Waals surface area contributed by atoms with Crippen LogP contribution in [-0.4, -0.2) is 59.4 Å². The SMILES string of the molecule is CC(O)CN1CC(O)C(C2CCNCC2)C1=O. The second-order valence-corrected chi connectivity index (χ2v) is 5.27. The zero-order chi connectivity index (χ0) is 12.4. The third-order valence-electron chi connectivity index (χ3n) is 3.80. The molecule has 0 saturated carbocycles. The van der Waals surface area contributed by atoms with Gasteiger partial charge in [-0.05, 0) is 38.8 Å². The lowest BCUT2D eigenvalue weighted by Crippen LogP contribution is -2.39. The molecule has 0 aromatic rings. The number of rotatable bonds is 3. The van der Waals surface area contributed by atoms with Crippen molar-refractivity contribution in [3.05, 3.63) is 0 Å². The maximum absolute atomic E-state index is 12.2. The molecule has 17 heavy (non-hydrogen) atoms. The quantitative estimate of drug-likeness (QED) is 0.605. The van der Waals surface area contributed by atoms with Crippen LogP contribution in [0.2, 0.25) is 0 Å². The average molecular weight is 242 g/mol. The molecule has 0 aliphatic carbocycles. The topological polar surface area (TPSA) is 72.8 Å².